The summed E-state index contributed by atoms with van der Waals surface area (Å²) in [5.74, 6) is -0.364. The van der Waals surface area contributed by atoms with Gasteiger partial charge in [-0.25, -0.2) is 16.8 Å². The number of fused-ring (bicyclic) bond motifs is 3. The van der Waals surface area contributed by atoms with Crippen LogP contribution in [-0.2, 0) is 20.0 Å². The fourth-order valence-electron chi connectivity index (χ4n) is 5.68. The lowest BCUT2D eigenvalue weighted by Crippen LogP contribution is -2.48. The summed E-state index contributed by atoms with van der Waals surface area (Å²) in [6.07, 6.45) is 0. The summed E-state index contributed by atoms with van der Waals surface area (Å²) >= 11 is 0. The van der Waals surface area contributed by atoms with Crippen molar-refractivity contribution < 1.29 is 21.6 Å². The monoisotopic (exact) mass is 584 g/mol. The molecule has 9 nitrogen and oxygen atoms in total. The van der Waals surface area contributed by atoms with E-state index in [0.717, 1.165) is 24.2 Å². The second kappa shape index (κ2) is 11.0. The number of sulfonamides is 2. The molecule has 11 heteroatoms. The number of hydrogen-bond donors (Lipinski definition) is 0. The third kappa shape index (κ3) is 5.46. The van der Waals surface area contributed by atoms with E-state index in [4.69, 9.17) is 0 Å². The van der Waals surface area contributed by atoms with E-state index in [1.807, 2.05) is 13.8 Å². The Balaban J connectivity index is 1.34. The van der Waals surface area contributed by atoms with Crippen molar-refractivity contribution in [2.24, 2.45) is 0 Å². The van der Waals surface area contributed by atoms with Crippen molar-refractivity contribution in [2.45, 2.75) is 23.6 Å². The van der Waals surface area contributed by atoms with Crippen molar-refractivity contribution >= 4 is 25.8 Å². The van der Waals surface area contributed by atoms with E-state index in [2.05, 4.69) is 23.0 Å². The Kier molecular flexibility index (Phi) is 7.90. The molecule has 2 aromatic rings. The first kappa shape index (κ1) is 28.8. The minimum absolute atomic E-state index is 0.0706. The first-order valence-corrected chi connectivity index (χ1v) is 16.3. The molecule has 2 fully saturated rings. The minimum atomic E-state index is -3.78. The molecule has 5 rings (SSSR count). The standard InChI is InChI=1S/C29H36N4O5S2/c1-21(2)19-30-9-13-32(14-10-30)39(35,36)23-5-7-25-26-8-6-24(18-28(26)29(34)27(25)17-23)40(37,38)33-15-11-31(12-16-33)20-22(3)4/h5-8,17-18H,1,3,9-16,19-20H2,2,4H3. The van der Waals surface area contributed by atoms with Crippen LogP contribution >= 0.6 is 0 Å². The van der Waals surface area contributed by atoms with Crippen molar-refractivity contribution in [3.05, 3.63) is 71.8 Å². The summed E-state index contributed by atoms with van der Waals surface area (Å²) in [5.41, 5.74) is 3.85. The van der Waals surface area contributed by atoms with Gasteiger partial charge in [-0.15, -0.1) is 0 Å². The van der Waals surface area contributed by atoms with Crippen LogP contribution in [0.15, 0.2) is 70.5 Å². The summed E-state index contributed by atoms with van der Waals surface area (Å²) in [5, 5.41) is 0. The second-order valence-electron chi connectivity index (χ2n) is 11.0. The topological polar surface area (TPSA) is 98.3 Å². The molecule has 0 aromatic heterocycles. The number of hydrogen-bond acceptors (Lipinski definition) is 7. The van der Waals surface area contributed by atoms with E-state index >= 15 is 0 Å². The molecule has 214 valence electrons. The number of nitrogens with zero attached hydrogens (tertiary/aromatic N) is 4. The van der Waals surface area contributed by atoms with Crippen molar-refractivity contribution in [1.82, 2.24) is 18.4 Å². The summed E-state index contributed by atoms with van der Waals surface area (Å²) in [6.45, 7) is 17.2. The van der Waals surface area contributed by atoms with Crippen LogP contribution in [0.2, 0.25) is 0 Å². The highest BCUT2D eigenvalue weighted by Crippen LogP contribution is 2.39. The Morgan fingerprint density at radius 2 is 0.975 bits per heavy atom. The lowest BCUT2D eigenvalue weighted by molar-refractivity contribution is 0.104. The van der Waals surface area contributed by atoms with Gasteiger partial charge in [0.25, 0.3) is 0 Å². The van der Waals surface area contributed by atoms with E-state index in [1.165, 1.54) is 32.9 Å². The van der Waals surface area contributed by atoms with Gasteiger partial charge in [0.05, 0.1) is 9.79 Å². The second-order valence-corrected chi connectivity index (χ2v) is 14.9. The fraction of sp³-hybridized carbons (Fsp3) is 0.414. The normalized spacial score (nSPS) is 19.4. The van der Waals surface area contributed by atoms with Crippen LogP contribution in [-0.4, -0.2) is 106 Å². The third-order valence-electron chi connectivity index (χ3n) is 7.69. The van der Waals surface area contributed by atoms with Gasteiger partial charge in [0, 0.05) is 76.6 Å². The number of carbonyl (C=O) groups is 1. The van der Waals surface area contributed by atoms with Crippen LogP contribution in [0.25, 0.3) is 11.1 Å². The predicted molar refractivity (Wildman–Crippen MR) is 155 cm³/mol. The maximum Gasteiger partial charge on any atom is 0.243 e. The molecule has 0 saturated carbocycles. The quantitative estimate of drug-likeness (QED) is 0.376. The first-order chi connectivity index (χ1) is 18.9. The lowest BCUT2D eigenvalue weighted by Gasteiger charge is -2.34. The van der Waals surface area contributed by atoms with E-state index in [-0.39, 0.29) is 26.7 Å². The number of rotatable bonds is 8. The Morgan fingerprint density at radius 1 is 0.625 bits per heavy atom. The molecule has 0 atom stereocenters. The van der Waals surface area contributed by atoms with Gasteiger partial charge in [-0.1, -0.05) is 36.4 Å². The molecule has 0 amide bonds. The van der Waals surface area contributed by atoms with Crippen molar-refractivity contribution in [3.63, 3.8) is 0 Å². The van der Waals surface area contributed by atoms with Gasteiger partial charge in [0.1, 0.15) is 0 Å². The smallest absolute Gasteiger partial charge is 0.243 e. The zero-order valence-corrected chi connectivity index (χ0v) is 24.7. The molecule has 0 spiro atoms. The van der Waals surface area contributed by atoms with Gasteiger partial charge in [-0.2, -0.15) is 8.61 Å². The van der Waals surface area contributed by atoms with Crippen LogP contribution in [0.4, 0.5) is 0 Å². The van der Waals surface area contributed by atoms with Crippen LogP contribution in [0, 0.1) is 0 Å². The van der Waals surface area contributed by atoms with Crippen molar-refractivity contribution in [2.75, 3.05) is 65.4 Å². The molecule has 1 aliphatic carbocycles. The average molecular weight is 585 g/mol. The number of piperazine rings is 2. The molecule has 2 heterocycles. The zero-order valence-electron chi connectivity index (χ0n) is 23.1. The maximum absolute atomic E-state index is 13.4. The molecule has 0 N–H and O–H groups in total. The van der Waals surface area contributed by atoms with Crippen LogP contribution < -0.4 is 0 Å². The van der Waals surface area contributed by atoms with E-state index < -0.39 is 20.0 Å². The molecule has 2 aliphatic heterocycles. The zero-order chi connectivity index (χ0) is 28.8. The molecule has 40 heavy (non-hydrogen) atoms. The van der Waals surface area contributed by atoms with Gasteiger partial charge in [0.2, 0.25) is 20.0 Å². The highest BCUT2D eigenvalue weighted by molar-refractivity contribution is 7.89. The van der Waals surface area contributed by atoms with Crippen LogP contribution in [0.1, 0.15) is 29.8 Å². The maximum atomic E-state index is 13.4. The molecular formula is C29H36N4O5S2. The summed E-state index contributed by atoms with van der Waals surface area (Å²) in [7, 11) is -7.57. The molecular weight excluding hydrogens is 548 g/mol. The van der Waals surface area contributed by atoms with Crippen molar-refractivity contribution in [3.8, 4) is 11.1 Å². The number of carbonyl (C=O) groups excluding carboxylic acids is 1. The van der Waals surface area contributed by atoms with Gasteiger partial charge in [-0.05, 0) is 49.2 Å². The molecule has 0 unspecified atom stereocenters. The van der Waals surface area contributed by atoms with Gasteiger partial charge in [-0.3, -0.25) is 14.6 Å². The Bertz CT molecular complexity index is 1470. The molecule has 2 aromatic carbocycles. The average Bonchev–Trinajstić information content (AvgIpc) is 3.19. The SMILES string of the molecule is C=C(C)CN1CCN(S(=O)(=O)c2ccc3c(c2)C(=O)c2cc(S(=O)(=O)N4CCN(CC(=C)C)CC4)ccc2-3)CC1. The largest absolute Gasteiger partial charge is 0.297 e. The fourth-order valence-corrected chi connectivity index (χ4v) is 8.57. The van der Waals surface area contributed by atoms with Crippen LogP contribution in [0.3, 0.4) is 0 Å². The predicted octanol–water partition coefficient (Wildman–Crippen LogP) is 2.66. The van der Waals surface area contributed by atoms with Crippen LogP contribution in [0.5, 0.6) is 0 Å². The molecule has 0 radical (unpaired) electrons. The van der Waals surface area contributed by atoms with Crippen molar-refractivity contribution in [1.29, 1.82) is 0 Å². The molecule has 0 bridgehead atoms. The minimum Gasteiger partial charge on any atom is -0.297 e. The highest BCUT2D eigenvalue weighted by Gasteiger charge is 2.35. The van der Waals surface area contributed by atoms with E-state index in [9.17, 15) is 21.6 Å². The Hall–Kier alpha value is -2.67. The Labute approximate surface area is 237 Å². The van der Waals surface area contributed by atoms with Gasteiger partial charge < -0.3 is 0 Å². The lowest BCUT2D eigenvalue weighted by atomic mass is 10.1. The molecule has 3 aliphatic rings. The van der Waals surface area contributed by atoms with E-state index in [1.54, 1.807) is 12.1 Å². The number of benzene rings is 2. The van der Waals surface area contributed by atoms with E-state index in [0.29, 0.717) is 63.5 Å². The summed E-state index contributed by atoms with van der Waals surface area (Å²) < 4.78 is 56.6. The number of ketones is 1. The van der Waals surface area contributed by atoms with Gasteiger partial charge >= 0.3 is 0 Å². The summed E-state index contributed by atoms with van der Waals surface area (Å²) in [4.78, 5) is 17.9. The summed E-state index contributed by atoms with van der Waals surface area (Å²) in [6, 6.07) is 9.23. The van der Waals surface area contributed by atoms with Gasteiger partial charge in [0.15, 0.2) is 5.78 Å². The third-order valence-corrected chi connectivity index (χ3v) is 11.5. The first-order valence-electron chi connectivity index (χ1n) is 13.4. The highest BCUT2D eigenvalue weighted by atomic mass is 32.2. The Morgan fingerprint density at radius 3 is 1.30 bits per heavy atom. The molecule has 2 saturated heterocycles.